The summed E-state index contributed by atoms with van der Waals surface area (Å²) in [5, 5.41) is 2.58. The van der Waals surface area contributed by atoms with E-state index in [1.165, 1.54) is 25.7 Å². The molecule has 1 N–H and O–H groups in total. The summed E-state index contributed by atoms with van der Waals surface area (Å²) < 4.78 is 0. The van der Waals surface area contributed by atoms with Gasteiger partial charge in [-0.1, -0.05) is 44.1 Å². The van der Waals surface area contributed by atoms with Crippen LogP contribution in [-0.4, -0.2) is 13.0 Å². The van der Waals surface area contributed by atoms with E-state index in [9.17, 15) is 4.79 Å². The van der Waals surface area contributed by atoms with Crippen molar-refractivity contribution in [2.45, 2.75) is 45.4 Å². The Kier molecular flexibility index (Phi) is 10.3. The van der Waals surface area contributed by atoms with Crippen LogP contribution in [0.4, 0.5) is 0 Å². The lowest BCUT2D eigenvalue weighted by Crippen LogP contribution is -2.15. The average molecular weight is 209 g/mol. The Labute approximate surface area is 93.5 Å². The summed E-state index contributed by atoms with van der Waals surface area (Å²) in [4.78, 5) is 10.8. The summed E-state index contributed by atoms with van der Waals surface area (Å²) in [7, 11) is 1.66. The molecule has 0 spiro atoms. The van der Waals surface area contributed by atoms with E-state index in [0.29, 0.717) is 6.42 Å². The van der Waals surface area contributed by atoms with Crippen LogP contribution in [0.15, 0.2) is 24.3 Å². The molecular formula is C13H23NO. The second-order valence-corrected chi connectivity index (χ2v) is 3.55. The number of hydrogen-bond acceptors (Lipinski definition) is 1. The molecule has 0 aromatic heterocycles. The van der Waals surface area contributed by atoms with Gasteiger partial charge in [-0.2, -0.15) is 0 Å². The van der Waals surface area contributed by atoms with Crippen LogP contribution < -0.4 is 5.32 Å². The standard InChI is InChI=1S/C13H23NO/c1-3-4-5-6-7-8-9-10-11-12-13(15)14-2/h7-8,10-11H,3-6,9,12H2,1-2H3,(H,14,15)/b8-7-,11-10-. The first-order valence-electron chi connectivity index (χ1n) is 5.81. The van der Waals surface area contributed by atoms with Crippen LogP contribution in [0.1, 0.15) is 45.4 Å². The molecule has 0 aromatic carbocycles. The third-order valence-corrected chi connectivity index (χ3v) is 2.16. The lowest BCUT2D eigenvalue weighted by molar-refractivity contribution is -0.119. The van der Waals surface area contributed by atoms with Crippen molar-refractivity contribution in [3.8, 4) is 0 Å². The lowest BCUT2D eigenvalue weighted by atomic mass is 10.2. The molecule has 0 radical (unpaired) electrons. The third kappa shape index (κ3) is 10.9. The summed E-state index contributed by atoms with van der Waals surface area (Å²) >= 11 is 0. The van der Waals surface area contributed by atoms with Crippen molar-refractivity contribution in [2.24, 2.45) is 0 Å². The highest BCUT2D eigenvalue weighted by Gasteiger charge is 1.89. The molecule has 1 amide bonds. The number of carbonyl (C=O) groups excluding carboxylic acids is 1. The minimum absolute atomic E-state index is 0.0678. The smallest absolute Gasteiger partial charge is 0.223 e. The first-order valence-corrected chi connectivity index (χ1v) is 5.81. The lowest BCUT2D eigenvalue weighted by Gasteiger charge is -1.92. The number of allylic oxidation sites excluding steroid dienone is 3. The van der Waals surface area contributed by atoms with Gasteiger partial charge in [0, 0.05) is 13.5 Å². The van der Waals surface area contributed by atoms with Crippen LogP contribution in [0.3, 0.4) is 0 Å². The van der Waals surface area contributed by atoms with E-state index in [1.54, 1.807) is 7.05 Å². The SMILES string of the molecule is CCCCC/C=C\C/C=C\CC(=O)NC. The molecule has 0 unspecified atom stereocenters. The van der Waals surface area contributed by atoms with Gasteiger partial charge in [-0.05, 0) is 19.3 Å². The molecule has 0 rings (SSSR count). The van der Waals surface area contributed by atoms with Gasteiger partial charge < -0.3 is 5.32 Å². The van der Waals surface area contributed by atoms with Gasteiger partial charge in [0.05, 0.1) is 0 Å². The van der Waals surface area contributed by atoms with Gasteiger partial charge in [0.25, 0.3) is 0 Å². The Morgan fingerprint density at radius 1 is 1.13 bits per heavy atom. The first-order chi connectivity index (χ1) is 7.31. The second-order valence-electron chi connectivity index (χ2n) is 3.55. The van der Waals surface area contributed by atoms with Gasteiger partial charge in [-0.25, -0.2) is 0 Å². The number of unbranched alkanes of at least 4 members (excludes halogenated alkanes) is 3. The van der Waals surface area contributed by atoms with Crippen LogP contribution in [0, 0.1) is 0 Å². The minimum atomic E-state index is 0.0678. The molecular weight excluding hydrogens is 186 g/mol. The summed E-state index contributed by atoms with van der Waals surface area (Å²) in [6, 6.07) is 0. The zero-order chi connectivity index (χ0) is 11.4. The molecule has 0 aromatic rings. The summed E-state index contributed by atoms with van der Waals surface area (Å²) in [6.07, 6.45) is 14.8. The molecule has 0 bridgehead atoms. The van der Waals surface area contributed by atoms with Gasteiger partial charge in [0.1, 0.15) is 0 Å². The number of nitrogens with one attached hydrogen (secondary N) is 1. The number of carbonyl (C=O) groups is 1. The van der Waals surface area contributed by atoms with E-state index in [2.05, 4.69) is 24.4 Å². The Morgan fingerprint density at radius 2 is 1.87 bits per heavy atom. The zero-order valence-electron chi connectivity index (χ0n) is 9.96. The molecule has 86 valence electrons. The van der Waals surface area contributed by atoms with E-state index >= 15 is 0 Å². The van der Waals surface area contributed by atoms with E-state index in [1.807, 2.05) is 12.2 Å². The van der Waals surface area contributed by atoms with E-state index in [-0.39, 0.29) is 5.91 Å². The normalized spacial score (nSPS) is 11.3. The second kappa shape index (κ2) is 11.0. The quantitative estimate of drug-likeness (QED) is 0.482. The van der Waals surface area contributed by atoms with Crippen molar-refractivity contribution in [1.82, 2.24) is 5.32 Å². The average Bonchev–Trinajstić information content (AvgIpc) is 2.26. The summed E-state index contributed by atoms with van der Waals surface area (Å²) in [6.45, 7) is 2.21. The Morgan fingerprint density at radius 3 is 2.53 bits per heavy atom. The fourth-order valence-electron chi connectivity index (χ4n) is 1.19. The maximum atomic E-state index is 10.8. The zero-order valence-corrected chi connectivity index (χ0v) is 9.96. The minimum Gasteiger partial charge on any atom is -0.359 e. The highest BCUT2D eigenvalue weighted by atomic mass is 16.1. The van der Waals surface area contributed by atoms with Crippen LogP contribution in [0.2, 0.25) is 0 Å². The van der Waals surface area contributed by atoms with Gasteiger partial charge in [0.2, 0.25) is 5.91 Å². The van der Waals surface area contributed by atoms with E-state index in [4.69, 9.17) is 0 Å². The van der Waals surface area contributed by atoms with Gasteiger partial charge >= 0.3 is 0 Å². The fraction of sp³-hybridized carbons (Fsp3) is 0.615. The topological polar surface area (TPSA) is 29.1 Å². The highest BCUT2D eigenvalue weighted by Crippen LogP contribution is 2.00. The Balaban J connectivity index is 3.32. The highest BCUT2D eigenvalue weighted by molar-refractivity contribution is 5.76. The number of rotatable bonds is 8. The predicted molar refractivity (Wildman–Crippen MR) is 65.7 cm³/mol. The molecule has 2 nitrogen and oxygen atoms in total. The summed E-state index contributed by atoms with van der Waals surface area (Å²) in [5.41, 5.74) is 0. The molecule has 0 heterocycles. The Hall–Kier alpha value is -1.05. The van der Waals surface area contributed by atoms with Crippen molar-refractivity contribution >= 4 is 5.91 Å². The molecule has 0 aliphatic heterocycles. The third-order valence-electron chi connectivity index (χ3n) is 2.16. The molecule has 0 saturated carbocycles. The largest absolute Gasteiger partial charge is 0.359 e. The molecule has 0 atom stereocenters. The molecule has 0 fully saturated rings. The van der Waals surface area contributed by atoms with Crippen molar-refractivity contribution in [3.63, 3.8) is 0 Å². The Bertz CT molecular complexity index is 207. The predicted octanol–water partition coefficient (Wildman–Crippen LogP) is 3.21. The van der Waals surface area contributed by atoms with Crippen molar-refractivity contribution in [3.05, 3.63) is 24.3 Å². The van der Waals surface area contributed by atoms with Crippen LogP contribution in [0.5, 0.6) is 0 Å². The van der Waals surface area contributed by atoms with E-state index < -0.39 is 0 Å². The van der Waals surface area contributed by atoms with Crippen LogP contribution in [0.25, 0.3) is 0 Å². The molecule has 0 aliphatic rings. The van der Waals surface area contributed by atoms with Gasteiger partial charge in [0.15, 0.2) is 0 Å². The maximum absolute atomic E-state index is 10.8. The van der Waals surface area contributed by atoms with E-state index in [0.717, 1.165) is 6.42 Å². The van der Waals surface area contributed by atoms with Crippen molar-refractivity contribution in [2.75, 3.05) is 7.05 Å². The van der Waals surface area contributed by atoms with Gasteiger partial charge in [-0.3, -0.25) is 4.79 Å². The van der Waals surface area contributed by atoms with Gasteiger partial charge in [-0.15, -0.1) is 0 Å². The van der Waals surface area contributed by atoms with Crippen LogP contribution in [-0.2, 0) is 4.79 Å². The molecule has 0 saturated heterocycles. The monoisotopic (exact) mass is 209 g/mol. The number of hydrogen-bond donors (Lipinski definition) is 1. The number of amides is 1. The molecule has 2 heteroatoms. The van der Waals surface area contributed by atoms with Crippen LogP contribution >= 0.6 is 0 Å². The van der Waals surface area contributed by atoms with Crippen molar-refractivity contribution < 1.29 is 4.79 Å². The summed E-state index contributed by atoms with van der Waals surface area (Å²) in [5.74, 6) is 0.0678. The first kappa shape index (κ1) is 13.9. The fourth-order valence-corrected chi connectivity index (χ4v) is 1.19. The maximum Gasteiger partial charge on any atom is 0.223 e. The molecule has 0 aliphatic carbocycles. The molecule has 15 heavy (non-hydrogen) atoms. The van der Waals surface area contributed by atoms with Crippen molar-refractivity contribution in [1.29, 1.82) is 0 Å².